The topological polar surface area (TPSA) is 66.4 Å². The largest absolute Gasteiger partial charge is 0.396 e. The minimum Gasteiger partial charge on any atom is -0.396 e. The quantitative estimate of drug-likeness (QED) is 0.843. The molecule has 0 amide bonds. The molecule has 96 valence electrons. The SMILES string of the molecule is Cc1cccc(C)c1NS(=O)(=O)CC(C)CO. The standard InChI is InChI=1S/C12H19NO3S/c1-9(7-14)8-17(15,16)13-12-10(2)5-4-6-11(12)3/h4-6,9,13-14H,7-8H2,1-3H3. The third-order valence-corrected chi connectivity index (χ3v) is 4.08. The average molecular weight is 257 g/mol. The summed E-state index contributed by atoms with van der Waals surface area (Å²) in [6.07, 6.45) is 0. The lowest BCUT2D eigenvalue weighted by Crippen LogP contribution is -2.23. The summed E-state index contributed by atoms with van der Waals surface area (Å²) in [6, 6.07) is 5.61. The van der Waals surface area contributed by atoms with Crippen molar-refractivity contribution in [3.8, 4) is 0 Å². The molecule has 0 spiro atoms. The Morgan fingerprint density at radius 3 is 2.29 bits per heavy atom. The van der Waals surface area contributed by atoms with Crippen LogP contribution in [0.2, 0.25) is 0 Å². The van der Waals surface area contributed by atoms with Crippen LogP contribution in [0, 0.1) is 19.8 Å². The second kappa shape index (κ2) is 5.51. The third-order valence-electron chi connectivity index (χ3n) is 2.55. The van der Waals surface area contributed by atoms with Crippen LogP contribution in [0.25, 0.3) is 0 Å². The number of anilines is 1. The Bertz CT molecular complexity index is 462. The maximum atomic E-state index is 11.9. The lowest BCUT2D eigenvalue weighted by molar-refractivity contribution is 0.249. The van der Waals surface area contributed by atoms with E-state index in [1.165, 1.54) is 0 Å². The summed E-state index contributed by atoms with van der Waals surface area (Å²) in [5, 5.41) is 8.88. The first kappa shape index (κ1) is 14.0. The Labute approximate surface area is 103 Å². The molecule has 0 radical (unpaired) electrons. The molecule has 17 heavy (non-hydrogen) atoms. The summed E-state index contributed by atoms with van der Waals surface area (Å²) in [5.74, 6) is -0.339. The highest BCUT2D eigenvalue weighted by molar-refractivity contribution is 7.92. The minimum atomic E-state index is -3.40. The fraction of sp³-hybridized carbons (Fsp3) is 0.500. The zero-order valence-corrected chi connectivity index (χ0v) is 11.2. The fourth-order valence-corrected chi connectivity index (χ4v) is 3.17. The Kier molecular flexibility index (Phi) is 4.54. The van der Waals surface area contributed by atoms with Crippen LogP contribution >= 0.6 is 0 Å². The molecular weight excluding hydrogens is 238 g/mol. The maximum absolute atomic E-state index is 11.9. The Morgan fingerprint density at radius 1 is 1.29 bits per heavy atom. The van der Waals surface area contributed by atoms with Crippen molar-refractivity contribution in [2.45, 2.75) is 20.8 Å². The number of rotatable bonds is 5. The number of sulfonamides is 1. The normalized spacial score (nSPS) is 13.4. The Balaban J connectivity index is 2.91. The molecule has 0 aliphatic rings. The molecule has 4 nitrogen and oxygen atoms in total. The van der Waals surface area contributed by atoms with Gasteiger partial charge in [-0.1, -0.05) is 25.1 Å². The number of hydrogen-bond acceptors (Lipinski definition) is 3. The summed E-state index contributed by atoms with van der Waals surface area (Å²) in [6.45, 7) is 5.29. The van der Waals surface area contributed by atoms with Gasteiger partial charge < -0.3 is 5.11 Å². The molecule has 1 aromatic rings. The predicted octanol–water partition coefficient (Wildman–Crippen LogP) is 1.67. The average Bonchev–Trinajstić information content (AvgIpc) is 2.23. The third kappa shape index (κ3) is 4.02. The summed E-state index contributed by atoms with van der Waals surface area (Å²) in [4.78, 5) is 0. The number of aryl methyl sites for hydroxylation is 2. The van der Waals surface area contributed by atoms with E-state index < -0.39 is 10.0 Å². The van der Waals surface area contributed by atoms with Crippen molar-refractivity contribution >= 4 is 15.7 Å². The Hall–Kier alpha value is -1.07. The first-order valence-corrected chi connectivity index (χ1v) is 7.18. The second-order valence-corrected chi connectivity index (χ2v) is 6.20. The number of nitrogens with one attached hydrogen (secondary N) is 1. The van der Waals surface area contributed by atoms with E-state index in [0.29, 0.717) is 5.69 Å². The van der Waals surface area contributed by atoms with E-state index in [1.807, 2.05) is 32.0 Å². The zero-order valence-electron chi connectivity index (χ0n) is 10.4. The van der Waals surface area contributed by atoms with E-state index in [4.69, 9.17) is 5.11 Å². The molecule has 1 aromatic carbocycles. The molecule has 1 rings (SSSR count). The van der Waals surface area contributed by atoms with Crippen LogP contribution in [0.1, 0.15) is 18.1 Å². The van der Waals surface area contributed by atoms with Crippen molar-refractivity contribution < 1.29 is 13.5 Å². The van der Waals surface area contributed by atoms with Crippen LogP contribution in [0.15, 0.2) is 18.2 Å². The molecule has 0 heterocycles. The first-order valence-electron chi connectivity index (χ1n) is 5.53. The highest BCUT2D eigenvalue weighted by atomic mass is 32.2. The van der Waals surface area contributed by atoms with Crippen LogP contribution < -0.4 is 4.72 Å². The van der Waals surface area contributed by atoms with E-state index >= 15 is 0 Å². The number of para-hydroxylation sites is 1. The number of hydrogen-bond donors (Lipinski definition) is 2. The fourth-order valence-electron chi connectivity index (χ4n) is 1.60. The van der Waals surface area contributed by atoms with Gasteiger partial charge in [-0.25, -0.2) is 8.42 Å². The van der Waals surface area contributed by atoms with E-state index in [9.17, 15) is 8.42 Å². The van der Waals surface area contributed by atoms with Crippen LogP contribution in [0.5, 0.6) is 0 Å². The van der Waals surface area contributed by atoms with Gasteiger partial charge in [-0.05, 0) is 30.9 Å². The molecule has 0 aliphatic heterocycles. The molecule has 0 bridgehead atoms. The van der Waals surface area contributed by atoms with Crippen molar-refractivity contribution in [2.24, 2.45) is 5.92 Å². The summed E-state index contributed by atoms with van der Waals surface area (Å²) in [5.41, 5.74) is 2.42. The molecule has 5 heteroatoms. The monoisotopic (exact) mass is 257 g/mol. The zero-order chi connectivity index (χ0) is 13.1. The predicted molar refractivity (Wildman–Crippen MR) is 69.6 cm³/mol. The van der Waals surface area contributed by atoms with Gasteiger partial charge in [0.05, 0.1) is 11.4 Å². The van der Waals surface area contributed by atoms with Gasteiger partial charge >= 0.3 is 0 Å². The van der Waals surface area contributed by atoms with Crippen molar-refractivity contribution in [3.63, 3.8) is 0 Å². The minimum absolute atomic E-state index is 0.0721. The molecule has 1 atom stereocenters. The van der Waals surface area contributed by atoms with Crippen LogP contribution in [0.4, 0.5) is 5.69 Å². The smallest absolute Gasteiger partial charge is 0.233 e. The van der Waals surface area contributed by atoms with Crippen molar-refractivity contribution in [1.29, 1.82) is 0 Å². The van der Waals surface area contributed by atoms with Crippen LogP contribution in [0.3, 0.4) is 0 Å². The van der Waals surface area contributed by atoms with Gasteiger partial charge in [-0.3, -0.25) is 4.72 Å². The molecule has 1 unspecified atom stereocenters. The van der Waals surface area contributed by atoms with Gasteiger partial charge in [0.1, 0.15) is 0 Å². The Morgan fingerprint density at radius 2 is 1.82 bits per heavy atom. The number of aliphatic hydroxyl groups is 1. The summed E-state index contributed by atoms with van der Waals surface area (Å²) >= 11 is 0. The van der Waals surface area contributed by atoms with E-state index in [0.717, 1.165) is 11.1 Å². The molecular formula is C12H19NO3S. The summed E-state index contributed by atoms with van der Waals surface area (Å²) < 4.78 is 26.3. The van der Waals surface area contributed by atoms with Gasteiger partial charge in [0.15, 0.2) is 0 Å². The highest BCUT2D eigenvalue weighted by Gasteiger charge is 2.16. The van der Waals surface area contributed by atoms with Gasteiger partial charge in [-0.2, -0.15) is 0 Å². The highest BCUT2D eigenvalue weighted by Crippen LogP contribution is 2.21. The number of benzene rings is 1. The maximum Gasteiger partial charge on any atom is 0.233 e. The van der Waals surface area contributed by atoms with Crippen molar-refractivity contribution in [1.82, 2.24) is 0 Å². The van der Waals surface area contributed by atoms with Gasteiger partial charge in [0, 0.05) is 6.61 Å². The van der Waals surface area contributed by atoms with E-state index in [2.05, 4.69) is 4.72 Å². The van der Waals surface area contributed by atoms with Gasteiger partial charge in [0.2, 0.25) is 10.0 Å². The molecule has 0 aromatic heterocycles. The second-order valence-electron chi connectivity index (χ2n) is 4.44. The van der Waals surface area contributed by atoms with Gasteiger partial charge in [0.25, 0.3) is 0 Å². The van der Waals surface area contributed by atoms with Gasteiger partial charge in [-0.15, -0.1) is 0 Å². The van der Waals surface area contributed by atoms with Crippen LogP contribution in [-0.4, -0.2) is 25.9 Å². The van der Waals surface area contributed by atoms with Crippen LogP contribution in [-0.2, 0) is 10.0 Å². The number of aliphatic hydroxyl groups excluding tert-OH is 1. The summed E-state index contributed by atoms with van der Waals surface area (Å²) in [7, 11) is -3.40. The lowest BCUT2D eigenvalue weighted by Gasteiger charge is -2.14. The van der Waals surface area contributed by atoms with Crippen molar-refractivity contribution in [3.05, 3.63) is 29.3 Å². The molecule has 0 fully saturated rings. The molecule has 0 aliphatic carbocycles. The molecule has 2 N–H and O–H groups in total. The molecule has 0 saturated heterocycles. The van der Waals surface area contributed by atoms with E-state index in [-0.39, 0.29) is 18.3 Å². The van der Waals surface area contributed by atoms with Crippen molar-refractivity contribution in [2.75, 3.05) is 17.1 Å². The first-order chi connectivity index (χ1) is 7.85. The van der Waals surface area contributed by atoms with E-state index in [1.54, 1.807) is 6.92 Å². The lowest BCUT2D eigenvalue weighted by atomic mass is 10.1. The molecule has 0 saturated carbocycles.